The molecule has 0 atom stereocenters. The second kappa shape index (κ2) is 8.78. The normalized spacial score (nSPS) is 14.9. The summed E-state index contributed by atoms with van der Waals surface area (Å²) in [5.41, 5.74) is 1.61. The fourth-order valence-electron chi connectivity index (χ4n) is 3.12. The molecule has 1 amide bonds. The van der Waals surface area contributed by atoms with Crippen LogP contribution in [-0.4, -0.2) is 61.1 Å². The van der Waals surface area contributed by atoms with Gasteiger partial charge in [0.15, 0.2) is 11.5 Å². The quantitative estimate of drug-likeness (QED) is 0.708. The summed E-state index contributed by atoms with van der Waals surface area (Å²) in [6.07, 6.45) is 0. The first-order valence-electron chi connectivity index (χ1n) is 8.56. The van der Waals surface area contributed by atoms with Crippen molar-refractivity contribution in [1.29, 1.82) is 0 Å². The molecule has 1 aromatic carbocycles. The van der Waals surface area contributed by atoms with Crippen LogP contribution in [0.25, 0.3) is 0 Å². The molecule has 1 aliphatic heterocycles. The molecule has 2 heterocycles. The number of pyridine rings is 1. The maximum absolute atomic E-state index is 12.8. The standard InChI is InChI=1S/C19H21Cl2N3O3/c1-26-15-4-3-14(11-16(15)27-2)19(25)24-7-5-23(6-8-24)12-13-9-17(20)22-18(21)10-13/h3-4,9-11H,5-8,12H2,1-2H3. The van der Waals surface area contributed by atoms with Gasteiger partial charge in [-0.2, -0.15) is 0 Å². The van der Waals surface area contributed by atoms with Gasteiger partial charge in [0, 0.05) is 38.3 Å². The van der Waals surface area contributed by atoms with E-state index in [2.05, 4.69) is 9.88 Å². The zero-order valence-electron chi connectivity index (χ0n) is 15.2. The van der Waals surface area contributed by atoms with Crippen LogP contribution < -0.4 is 9.47 Å². The van der Waals surface area contributed by atoms with Crippen molar-refractivity contribution in [2.75, 3.05) is 40.4 Å². The first-order valence-corrected chi connectivity index (χ1v) is 9.31. The molecule has 2 aromatic rings. The maximum Gasteiger partial charge on any atom is 0.254 e. The van der Waals surface area contributed by atoms with Gasteiger partial charge in [0.1, 0.15) is 10.3 Å². The highest BCUT2D eigenvalue weighted by Gasteiger charge is 2.23. The van der Waals surface area contributed by atoms with Crippen LogP contribution in [0.1, 0.15) is 15.9 Å². The Bertz CT molecular complexity index is 804. The lowest BCUT2D eigenvalue weighted by molar-refractivity contribution is 0.0628. The Morgan fingerprint density at radius 1 is 1.00 bits per heavy atom. The Morgan fingerprint density at radius 3 is 2.22 bits per heavy atom. The number of hydrogen-bond donors (Lipinski definition) is 0. The van der Waals surface area contributed by atoms with Crippen LogP contribution in [-0.2, 0) is 6.54 Å². The van der Waals surface area contributed by atoms with E-state index in [1.165, 1.54) is 0 Å². The van der Waals surface area contributed by atoms with E-state index in [0.29, 0.717) is 40.5 Å². The fraction of sp³-hybridized carbons (Fsp3) is 0.368. The van der Waals surface area contributed by atoms with Gasteiger partial charge in [0.25, 0.3) is 5.91 Å². The van der Waals surface area contributed by atoms with E-state index >= 15 is 0 Å². The first kappa shape index (κ1) is 19.7. The topological polar surface area (TPSA) is 54.9 Å². The van der Waals surface area contributed by atoms with Gasteiger partial charge in [0.05, 0.1) is 14.2 Å². The molecule has 0 bridgehead atoms. The van der Waals surface area contributed by atoms with Crippen LogP contribution >= 0.6 is 23.2 Å². The molecule has 0 radical (unpaired) electrons. The molecular formula is C19H21Cl2N3O3. The molecule has 1 saturated heterocycles. The third-order valence-corrected chi connectivity index (χ3v) is 4.91. The summed E-state index contributed by atoms with van der Waals surface area (Å²) in [6, 6.07) is 8.86. The minimum absolute atomic E-state index is 0.00870. The van der Waals surface area contributed by atoms with E-state index < -0.39 is 0 Å². The van der Waals surface area contributed by atoms with Crippen molar-refractivity contribution in [3.05, 3.63) is 51.8 Å². The highest BCUT2D eigenvalue weighted by Crippen LogP contribution is 2.28. The number of carbonyl (C=O) groups excluding carboxylic acids is 1. The van der Waals surface area contributed by atoms with Crippen LogP contribution in [0.15, 0.2) is 30.3 Å². The van der Waals surface area contributed by atoms with Crippen LogP contribution in [0.5, 0.6) is 11.5 Å². The molecule has 1 aliphatic rings. The minimum Gasteiger partial charge on any atom is -0.493 e. The molecule has 0 saturated carbocycles. The van der Waals surface area contributed by atoms with Crippen LogP contribution in [0.4, 0.5) is 0 Å². The van der Waals surface area contributed by atoms with Gasteiger partial charge < -0.3 is 14.4 Å². The number of rotatable bonds is 5. The van der Waals surface area contributed by atoms with E-state index in [4.69, 9.17) is 32.7 Å². The number of methoxy groups -OCH3 is 2. The summed E-state index contributed by atoms with van der Waals surface area (Å²) >= 11 is 11.9. The van der Waals surface area contributed by atoms with E-state index in [-0.39, 0.29) is 5.91 Å². The smallest absolute Gasteiger partial charge is 0.254 e. The van der Waals surface area contributed by atoms with Crippen molar-refractivity contribution in [2.24, 2.45) is 0 Å². The zero-order valence-corrected chi connectivity index (χ0v) is 16.8. The SMILES string of the molecule is COc1ccc(C(=O)N2CCN(Cc3cc(Cl)nc(Cl)c3)CC2)cc1OC. The van der Waals surface area contributed by atoms with Crippen molar-refractivity contribution in [1.82, 2.24) is 14.8 Å². The highest BCUT2D eigenvalue weighted by atomic mass is 35.5. The molecule has 6 nitrogen and oxygen atoms in total. The lowest BCUT2D eigenvalue weighted by Gasteiger charge is -2.34. The predicted octanol–water partition coefficient (Wildman–Crippen LogP) is 3.36. The number of amides is 1. The number of hydrogen-bond acceptors (Lipinski definition) is 5. The highest BCUT2D eigenvalue weighted by molar-refractivity contribution is 6.32. The number of nitrogens with zero attached hydrogens (tertiary/aromatic N) is 3. The fourth-order valence-corrected chi connectivity index (χ4v) is 3.63. The second-order valence-corrected chi connectivity index (χ2v) is 7.03. The molecule has 0 unspecified atom stereocenters. The molecule has 27 heavy (non-hydrogen) atoms. The van der Waals surface area contributed by atoms with E-state index in [1.807, 2.05) is 17.0 Å². The summed E-state index contributed by atoms with van der Waals surface area (Å²) in [7, 11) is 3.13. The van der Waals surface area contributed by atoms with Crippen molar-refractivity contribution in [3.8, 4) is 11.5 Å². The predicted molar refractivity (Wildman–Crippen MR) is 105 cm³/mol. The van der Waals surface area contributed by atoms with E-state index in [9.17, 15) is 4.79 Å². The number of carbonyl (C=O) groups is 1. The third-order valence-electron chi connectivity index (χ3n) is 4.52. The van der Waals surface area contributed by atoms with Gasteiger partial charge in [-0.3, -0.25) is 9.69 Å². The number of ether oxygens (including phenoxy) is 2. The van der Waals surface area contributed by atoms with Gasteiger partial charge in [-0.1, -0.05) is 23.2 Å². The average molecular weight is 410 g/mol. The van der Waals surface area contributed by atoms with Crippen LogP contribution in [0.3, 0.4) is 0 Å². The lowest BCUT2D eigenvalue weighted by atomic mass is 10.1. The molecule has 1 aromatic heterocycles. The Labute approximate surface area is 168 Å². The molecule has 8 heteroatoms. The van der Waals surface area contributed by atoms with Crippen LogP contribution in [0.2, 0.25) is 10.3 Å². The second-order valence-electron chi connectivity index (χ2n) is 6.26. The Balaban J connectivity index is 1.61. The number of benzene rings is 1. The molecule has 3 rings (SSSR count). The number of aromatic nitrogens is 1. The van der Waals surface area contributed by atoms with Gasteiger partial charge in [-0.05, 0) is 35.9 Å². The minimum atomic E-state index is -0.00870. The zero-order chi connectivity index (χ0) is 19.4. The summed E-state index contributed by atoms with van der Waals surface area (Å²) in [6.45, 7) is 3.58. The monoisotopic (exact) mass is 409 g/mol. The van der Waals surface area contributed by atoms with Gasteiger partial charge in [-0.15, -0.1) is 0 Å². The molecule has 144 valence electrons. The molecule has 0 N–H and O–H groups in total. The Kier molecular flexibility index (Phi) is 6.42. The Hall–Kier alpha value is -2.02. The molecule has 0 aliphatic carbocycles. The largest absolute Gasteiger partial charge is 0.493 e. The van der Waals surface area contributed by atoms with Crippen molar-refractivity contribution in [3.63, 3.8) is 0 Å². The molecule has 0 spiro atoms. The lowest BCUT2D eigenvalue weighted by Crippen LogP contribution is -2.48. The molecular weight excluding hydrogens is 389 g/mol. The van der Waals surface area contributed by atoms with Gasteiger partial charge in [-0.25, -0.2) is 4.98 Å². The molecule has 1 fully saturated rings. The van der Waals surface area contributed by atoms with Crippen molar-refractivity contribution < 1.29 is 14.3 Å². The number of piperazine rings is 1. The van der Waals surface area contributed by atoms with Crippen molar-refractivity contribution in [2.45, 2.75) is 6.54 Å². The average Bonchev–Trinajstić information content (AvgIpc) is 2.66. The van der Waals surface area contributed by atoms with Crippen molar-refractivity contribution >= 4 is 29.1 Å². The van der Waals surface area contributed by atoms with E-state index in [1.54, 1.807) is 32.4 Å². The Morgan fingerprint density at radius 2 is 1.63 bits per heavy atom. The van der Waals surface area contributed by atoms with Crippen LogP contribution in [0, 0.1) is 0 Å². The summed E-state index contributed by atoms with van der Waals surface area (Å²) in [5, 5.41) is 0.777. The first-order chi connectivity index (χ1) is 13.0. The summed E-state index contributed by atoms with van der Waals surface area (Å²) in [5.74, 6) is 1.15. The number of halogens is 2. The third kappa shape index (κ3) is 4.83. The van der Waals surface area contributed by atoms with Gasteiger partial charge >= 0.3 is 0 Å². The summed E-state index contributed by atoms with van der Waals surface area (Å²) < 4.78 is 10.5. The maximum atomic E-state index is 12.8. The summed E-state index contributed by atoms with van der Waals surface area (Å²) in [4.78, 5) is 20.9. The van der Waals surface area contributed by atoms with E-state index in [0.717, 1.165) is 25.2 Å². The van der Waals surface area contributed by atoms with Gasteiger partial charge in [0.2, 0.25) is 0 Å².